The number of methoxy groups -OCH3 is 2. The van der Waals surface area contributed by atoms with Crippen molar-refractivity contribution in [1.82, 2.24) is 21.5 Å². The van der Waals surface area contributed by atoms with Crippen LogP contribution in [0.3, 0.4) is 0 Å². The fourth-order valence-electron chi connectivity index (χ4n) is 9.73. The van der Waals surface area contributed by atoms with Gasteiger partial charge in [-0.05, 0) is 97.8 Å². The van der Waals surface area contributed by atoms with E-state index in [4.69, 9.17) is 23.9 Å². The van der Waals surface area contributed by atoms with Crippen LogP contribution in [0, 0.1) is 0 Å². The number of aliphatic imine (C=N–C) groups is 1. The molecule has 0 saturated carbocycles. The highest BCUT2D eigenvalue weighted by Gasteiger charge is 2.39. The van der Waals surface area contributed by atoms with E-state index < -0.39 is 23.9 Å². The van der Waals surface area contributed by atoms with Crippen LogP contribution >= 0.6 is 0 Å². The van der Waals surface area contributed by atoms with E-state index in [1.165, 1.54) is 28.1 Å². The van der Waals surface area contributed by atoms with Gasteiger partial charge in [0.2, 0.25) is 23.6 Å². The fourth-order valence-corrected chi connectivity index (χ4v) is 9.73. The van der Waals surface area contributed by atoms with E-state index >= 15 is 0 Å². The van der Waals surface area contributed by atoms with Gasteiger partial charge in [-0.3, -0.25) is 44.1 Å². The first-order valence-electron chi connectivity index (χ1n) is 24.6. The number of amides is 6. The lowest BCUT2D eigenvalue weighted by atomic mass is 10.1. The minimum Gasteiger partial charge on any atom is -0.493 e. The van der Waals surface area contributed by atoms with Gasteiger partial charge in [-0.2, -0.15) is 0 Å². The molecule has 4 aliphatic rings. The second kappa shape index (κ2) is 22.1. The van der Waals surface area contributed by atoms with Crippen molar-refractivity contribution in [2.24, 2.45) is 4.99 Å². The first kappa shape index (κ1) is 50.5. The highest BCUT2D eigenvalue weighted by molar-refractivity contribution is 6.15. The molecule has 0 aromatic heterocycles. The third-order valence-corrected chi connectivity index (χ3v) is 13.4. The number of carbonyl (C=O) groups is 6. The van der Waals surface area contributed by atoms with E-state index in [-0.39, 0.29) is 61.8 Å². The third kappa shape index (κ3) is 10.8. The van der Waals surface area contributed by atoms with Gasteiger partial charge < -0.3 is 45.1 Å². The van der Waals surface area contributed by atoms with Gasteiger partial charge in [-0.15, -0.1) is 0 Å². The maximum atomic E-state index is 14.1. The molecule has 74 heavy (non-hydrogen) atoms. The summed E-state index contributed by atoms with van der Waals surface area (Å²) in [4.78, 5) is 87.7. The highest BCUT2D eigenvalue weighted by atomic mass is 16.5. The van der Waals surface area contributed by atoms with Crippen LogP contribution in [0.5, 0.6) is 23.0 Å². The predicted molar refractivity (Wildman–Crippen MR) is 279 cm³/mol. The lowest BCUT2D eigenvalue weighted by Gasteiger charge is -2.22. The number of fused-ring (bicyclic) bond motifs is 8. The molecule has 4 atom stereocenters. The Morgan fingerprint density at radius 2 is 1.28 bits per heavy atom. The van der Waals surface area contributed by atoms with Gasteiger partial charge in [0.1, 0.15) is 25.3 Å². The van der Waals surface area contributed by atoms with Crippen molar-refractivity contribution in [3.05, 3.63) is 124 Å². The quantitative estimate of drug-likeness (QED) is 0.0420. The Labute approximate surface area is 428 Å². The molecule has 6 N–H and O–H groups in total. The maximum absolute atomic E-state index is 14.1. The second-order valence-electron chi connectivity index (χ2n) is 18.6. The van der Waals surface area contributed by atoms with Crippen molar-refractivity contribution in [2.45, 2.75) is 89.8 Å². The number of ether oxygens (including phenoxy) is 4. The summed E-state index contributed by atoms with van der Waals surface area (Å²) in [6.07, 6.45) is 4.48. The summed E-state index contributed by atoms with van der Waals surface area (Å²) < 4.78 is 24.4. The van der Waals surface area contributed by atoms with Crippen molar-refractivity contribution in [3.8, 4) is 23.0 Å². The Balaban J connectivity index is 0.923. The molecule has 5 aromatic rings. The molecular weight excluding hydrogens is 947 g/mol. The normalized spacial score (nSPS) is 16.6. The van der Waals surface area contributed by atoms with E-state index in [0.29, 0.717) is 88.1 Å². The van der Waals surface area contributed by atoms with Crippen LogP contribution in [-0.2, 0) is 45.2 Å². The topological polar surface area (TPSA) is 230 Å². The van der Waals surface area contributed by atoms with Crippen LogP contribution in [0.1, 0.15) is 82.5 Å². The Bertz CT molecular complexity index is 3050. The van der Waals surface area contributed by atoms with Crippen molar-refractivity contribution in [1.29, 1.82) is 0 Å². The van der Waals surface area contributed by atoms with Crippen molar-refractivity contribution >= 4 is 70.1 Å². The number of rotatable bonds is 19. The van der Waals surface area contributed by atoms with E-state index in [1.54, 1.807) is 54.6 Å². The summed E-state index contributed by atoms with van der Waals surface area (Å²) in [6.45, 7) is 3.56. The number of para-hydroxylation sites is 2. The fraction of sp³-hybridized carbons (Fsp3) is 0.327. The standard InChI is InChI=1S/C55H59N9O10/c1-31(59-50(65)16-10-11-17-51(66)62-56-3)52(67)60-32(2)53(68)61-37-19-33(29-73-48-25-42-40(23-46(48)71-4)54(69)63-38(27-57-42)21-35-12-6-8-14-44(35)63)18-34(20-37)30-74-49-26-43-41(24-47(49)72-5)55(70)64-39(28-58-43)22-36-13-7-9-15-45(36)64/h6-9,12-15,18-20,23-27,31-32,38-39,56,58H,10-11,16-17,21-22,28-30H2,1-5H3,(H,59,65)(H,60,67)(H,61,68)(H,62,66)/t31-,32-,38-,39-/m0/s1. The first-order chi connectivity index (χ1) is 35.8. The number of carbonyl (C=O) groups excluding carboxylic acids is 6. The third-order valence-electron chi connectivity index (χ3n) is 13.4. The molecule has 0 bridgehead atoms. The van der Waals surface area contributed by atoms with Gasteiger partial charge in [0, 0.05) is 68.3 Å². The number of hydrogen-bond acceptors (Lipinski definition) is 13. The molecule has 0 radical (unpaired) electrons. The van der Waals surface area contributed by atoms with E-state index in [9.17, 15) is 28.8 Å². The molecule has 0 aliphatic carbocycles. The number of benzene rings is 5. The lowest BCUT2D eigenvalue weighted by molar-refractivity contribution is -0.130. The zero-order chi connectivity index (χ0) is 52.0. The van der Waals surface area contributed by atoms with Crippen LogP contribution < -0.4 is 60.9 Å². The number of anilines is 4. The molecule has 384 valence electrons. The summed E-state index contributed by atoms with van der Waals surface area (Å²) in [7, 11) is 4.59. The van der Waals surface area contributed by atoms with E-state index in [2.05, 4.69) is 32.1 Å². The van der Waals surface area contributed by atoms with Crippen molar-refractivity contribution in [2.75, 3.05) is 48.2 Å². The molecule has 6 amide bonds. The summed E-state index contributed by atoms with van der Waals surface area (Å²) in [6, 6.07) is 25.6. The molecule has 19 nitrogen and oxygen atoms in total. The van der Waals surface area contributed by atoms with Crippen LogP contribution in [0.15, 0.2) is 96.0 Å². The SMILES string of the molecule is CNNC(=O)CCCCC(=O)N[C@@H](C)C(=O)N[C@@H](C)C(=O)Nc1cc(COc2cc3c(cc2OC)C(=O)N2c4ccccc4C[C@H]2C=N3)cc(COc2cc3c(cc2OC)C(=O)N2c4ccccc4C[C@H]2CN3)c1. The van der Waals surface area contributed by atoms with E-state index in [0.717, 1.165) is 28.9 Å². The monoisotopic (exact) mass is 1010 g/mol. The average molecular weight is 1010 g/mol. The molecule has 0 spiro atoms. The van der Waals surface area contributed by atoms with Gasteiger partial charge in [0.05, 0.1) is 48.8 Å². The average Bonchev–Trinajstić information content (AvgIpc) is 3.89. The summed E-state index contributed by atoms with van der Waals surface area (Å²) >= 11 is 0. The Kier molecular flexibility index (Phi) is 15.1. The zero-order valence-electron chi connectivity index (χ0n) is 41.8. The number of unbranched alkanes of at least 4 members (excludes halogenated alkanes) is 1. The molecule has 0 unspecified atom stereocenters. The van der Waals surface area contributed by atoms with E-state index in [1.807, 2.05) is 59.5 Å². The van der Waals surface area contributed by atoms with Crippen LogP contribution in [-0.4, -0.2) is 93.6 Å². The first-order valence-corrected chi connectivity index (χ1v) is 24.6. The van der Waals surface area contributed by atoms with Crippen molar-refractivity contribution < 1.29 is 47.7 Å². The molecule has 0 fully saturated rings. The van der Waals surface area contributed by atoms with Gasteiger partial charge >= 0.3 is 0 Å². The minimum atomic E-state index is -1.02. The van der Waals surface area contributed by atoms with Crippen molar-refractivity contribution in [3.63, 3.8) is 0 Å². The van der Waals surface area contributed by atoms with Gasteiger partial charge in [-0.1, -0.05) is 36.4 Å². The molecule has 19 heteroatoms. The van der Waals surface area contributed by atoms with Crippen LogP contribution in [0.25, 0.3) is 0 Å². The smallest absolute Gasteiger partial charge is 0.261 e. The molecule has 9 rings (SSSR count). The van der Waals surface area contributed by atoms with Gasteiger partial charge in [0.15, 0.2) is 23.0 Å². The summed E-state index contributed by atoms with van der Waals surface area (Å²) in [5, 5.41) is 11.7. The van der Waals surface area contributed by atoms with Crippen LogP contribution in [0.2, 0.25) is 0 Å². The summed E-state index contributed by atoms with van der Waals surface area (Å²) in [5.41, 5.74) is 12.4. The van der Waals surface area contributed by atoms with Crippen LogP contribution in [0.4, 0.5) is 28.4 Å². The highest BCUT2D eigenvalue weighted by Crippen LogP contribution is 2.43. The summed E-state index contributed by atoms with van der Waals surface area (Å²) in [5.74, 6) is -0.599. The molecule has 4 aliphatic heterocycles. The van der Waals surface area contributed by atoms with Gasteiger partial charge in [0.25, 0.3) is 11.8 Å². The molecule has 4 heterocycles. The second-order valence-corrected chi connectivity index (χ2v) is 18.6. The number of hydrazine groups is 1. The molecular formula is C55H59N9O10. The minimum absolute atomic E-state index is 0.00559. The molecule has 0 saturated heterocycles. The number of nitrogens with zero attached hydrogens (tertiary/aromatic N) is 3. The van der Waals surface area contributed by atoms with Gasteiger partial charge in [-0.25, -0.2) is 5.43 Å². The molecule has 5 aromatic carbocycles. The number of nitrogens with one attached hydrogen (secondary N) is 6. The zero-order valence-corrected chi connectivity index (χ0v) is 41.8. The largest absolute Gasteiger partial charge is 0.493 e. The lowest BCUT2D eigenvalue weighted by Crippen LogP contribution is -2.50. The maximum Gasteiger partial charge on any atom is 0.261 e. The number of hydrogen-bond donors (Lipinski definition) is 6. The Hall–Kier alpha value is -8.45. The Morgan fingerprint density at radius 1 is 0.689 bits per heavy atom. The predicted octanol–water partition coefficient (Wildman–Crippen LogP) is 5.91. The Morgan fingerprint density at radius 3 is 1.96 bits per heavy atom.